The van der Waals surface area contributed by atoms with Crippen LogP contribution in [0.5, 0.6) is 0 Å². The number of hydrogen-bond acceptors (Lipinski definition) is 8. The predicted molar refractivity (Wildman–Crippen MR) is 118 cm³/mol. The summed E-state index contributed by atoms with van der Waals surface area (Å²) in [5.41, 5.74) is 0.702. The Morgan fingerprint density at radius 1 is 1.23 bits per heavy atom. The van der Waals surface area contributed by atoms with Gasteiger partial charge in [0.1, 0.15) is 0 Å². The molecule has 0 aliphatic carbocycles. The Morgan fingerprint density at radius 2 is 2.06 bits per heavy atom. The molecule has 4 aromatic rings. The first-order valence-electron chi connectivity index (χ1n) is 10.5. The summed E-state index contributed by atoms with van der Waals surface area (Å²) in [5, 5.41) is 14.0. The number of fused-ring (bicyclic) bond motifs is 3. The SMILES string of the molecule is CCCCc1noc(C(C)Sc2nnc3n(CCCOC)c(=O)c4ccccc4n23)n1. The van der Waals surface area contributed by atoms with Gasteiger partial charge in [0, 0.05) is 26.7 Å². The van der Waals surface area contributed by atoms with Crippen LogP contribution in [0.1, 0.15) is 50.1 Å². The van der Waals surface area contributed by atoms with Gasteiger partial charge in [-0.25, -0.2) is 0 Å². The molecular weight excluding hydrogens is 416 g/mol. The van der Waals surface area contributed by atoms with Crippen molar-refractivity contribution in [2.75, 3.05) is 13.7 Å². The summed E-state index contributed by atoms with van der Waals surface area (Å²) in [4.78, 5) is 17.6. The maximum absolute atomic E-state index is 13.1. The van der Waals surface area contributed by atoms with Crippen molar-refractivity contribution in [3.05, 3.63) is 46.3 Å². The van der Waals surface area contributed by atoms with Crippen molar-refractivity contribution in [2.45, 2.75) is 56.5 Å². The molecule has 3 aromatic heterocycles. The smallest absolute Gasteiger partial charge is 0.262 e. The molecule has 0 N–H and O–H groups in total. The fourth-order valence-corrected chi connectivity index (χ4v) is 4.34. The van der Waals surface area contributed by atoms with E-state index in [-0.39, 0.29) is 10.8 Å². The van der Waals surface area contributed by atoms with Crippen molar-refractivity contribution < 1.29 is 9.26 Å². The van der Waals surface area contributed by atoms with E-state index >= 15 is 0 Å². The summed E-state index contributed by atoms with van der Waals surface area (Å²) in [7, 11) is 1.65. The molecule has 0 spiro atoms. The van der Waals surface area contributed by atoms with Crippen LogP contribution >= 0.6 is 11.8 Å². The molecule has 1 aromatic carbocycles. The highest BCUT2D eigenvalue weighted by Crippen LogP contribution is 2.34. The molecule has 164 valence electrons. The van der Waals surface area contributed by atoms with E-state index in [1.165, 1.54) is 11.8 Å². The molecule has 0 aliphatic heterocycles. The van der Waals surface area contributed by atoms with Crippen LogP contribution in [-0.2, 0) is 17.7 Å². The molecule has 3 heterocycles. The van der Waals surface area contributed by atoms with Gasteiger partial charge in [-0.05, 0) is 31.9 Å². The van der Waals surface area contributed by atoms with Crippen LogP contribution in [0.4, 0.5) is 0 Å². The Kier molecular flexibility index (Phi) is 6.67. The summed E-state index contributed by atoms with van der Waals surface area (Å²) in [6.07, 6.45) is 3.63. The topological polar surface area (TPSA) is 100 Å². The molecule has 0 fully saturated rings. The second-order valence-corrected chi connectivity index (χ2v) is 8.66. The molecule has 0 saturated heterocycles. The standard InChI is InChI=1S/C21H26N6O3S/c1-4-5-11-17-22-18(30-25-17)14(2)31-21-24-23-20-26(12-8-13-29-3)19(28)15-9-6-7-10-16(15)27(20)21/h6-7,9-10,14H,4-5,8,11-13H2,1-3H3. The van der Waals surface area contributed by atoms with E-state index in [1.807, 2.05) is 35.6 Å². The first kappa shape index (κ1) is 21.5. The Morgan fingerprint density at radius 3 is 2.87 bits per heavy atom. The molecule has 4 rings (SSSR count). The van der Waals surface area contributed by atoms with E-state index in [2.05, 4.69) is 27.3 Å². The summed E-state index contributed by atoms with van der Waals surface area (Å²) < 4.78 is 14.2. The van der Waals surface area contributed by atoms with Crippen molar-refractivity contribution in [3.63, 3.8) is 0 Å². The molecule has 1 atom stereocenters. The van der Waals surface area contributed by atoms with Gasteiger partial charge >= 0.3 is 0 Å². The lowest BCUT2D eigenvalue weighted by Gasteiger charge is -2.11. The molecular formula is C21H26N6O3S. The monoisotopic (exact) mass is 442 g/mol. The zero-order valence-electron chi connectivity index (χ0n) is 17.9. The van der Waals surface area contributed by atoms with Crippen molar-refractivity contribution >= 4 is 28.4 Å². The fraction of sp³-hybridized carbons (Fsp3) is 0.476. The average molecular weight is 443 g/mol. The number of ether oxygens (including phenoxy) is 1. The third-order valence-corrected chi connectivity index (χ3v) is 6.11. The van der Waals surface area contributed by atoms with Crippen LogP contribution in [0.2, 0.25) is 0 Å². The Bertz CT molecular complexity index is 1230. The first-order chi connectivity index (χ1) is 15.1. The number of nitrogens with zero attached hydrogens (tertiary/aromatic N) is 6. The quantitative estimate of drug-likeness (QED) is 0.271. The van der Waals surface area contributed by atoms with Crippen LogP contribution in [0.3, 0.4) is 0 Å². The number of methoxy groups -OCH3 is 1. The van der Waals surface area contributed by atoms with Crippen molar-refractivity contribution in [1.82, 2.24) is 29.3 Å². The van der Waals surface area contributed by atoms with E-state index < -0.39 is 0 Å². The van der Waals surface area contributed by atoms with E-state index in [4.69, 9.17) is 9.26 Å². The minimum absolute atomic E-state index is 0.0753. The van der Waals surface area contributed by atoms with Crippen LogP contribution in [0, 0.1) is 0 Å². The molecule has 0 aliphatic rings. The number of thioether (sulfide) groups is 1. The molecule has 0 amide bonds. The van der Waals surface area contributed by atoms with Crippen molar-refractivity contribution in [2.24, 2.45) is 0 Å². The Balaban J connectivity index is 1.72. The highest BCUT2D eigenvalue weighted by Gasteiger charge is 2.22. The molecule has 31 heavy (non-hydrogen) atoms. The zero-order chi connectivity index (χ0) is 21.8. The second kappa shape index (κ2) is 9.61. The third-order valence-electron chi connectivity index (χ3n) is 5.08. The lowest BCUT2D eigenvalue weighted by Crippen LogP contribution is -2.24. The molecule has 1 unspecified atom stereocenters. The van der Waals surface area contributed by atoms with Gasteiger partial charge in [-0.3, -0.25) is 13.8 Å². The molecule has 0 bridgehead atoms. The zero-order valence-corrected chi connectivity index (χ0v) is 18.8. The van der Waals surface area contributed by atoms with Crippen molar-refractivity contribution in [1.29, 1.82) is 0 Å². The van der Waals surface area contributed by atoms with Crippen LogP contribution < -0.4 is 5.56 Å². The number of benzene rings is 1. The van der Waals surface area contributed by atoms with Gasteiger partial charge in [0.05, 0.1) is 16.2 Å². The molecule has 10 heteroatoms. The van der Waals surface area contributed by atoms with Gasteiger partial charge in [-0.2, -0.15) is 4.98 Å². The summed E-state index contributed by atoms with van der Waals surface area (Å²) in [6.45, 7) is 5.20. The van der Waals surface area contributed by atoms with Crippen LogP contribution in [-0.4, -0.2) is 43.0 Å². The number of unbranched alkanes of at least 4 members (excludes halogenated alkanes) is 1. The van der Waals surface area contributed by atoms with E-state index in [1.54, 1.807) is 11.7 Å². The van der Waals surface area contributed by atoms with Gasteiger partial charge in [0.25, 0.3) is 5.56 Å². The minimum Gasteiger partial charge on any atom is -0.385 e. The molecule has 9 nitrogen and oxygen atoms in total. The number of aryl methyl sites for hydroxylation is 2. The highest BCUT2D eigenvalue weighted by atomic mass is 32.2. The maximum atomic E-state index is 13.1. The lowest BCUT2D eigenvalue weighted by molar-refractivity contribution is 0.190. The summed E-state index contributed by atoms with van der Waals surface area (Å²) >= 11 is 1.48. The van der Waals surface area contributed by atoms with E-state index in [0.29, 0.717) is 41.8 Å². The second-order valence-electron chi connectivity index (χ2n) is 7.35. The van der Waals surface area contributed by atoms with Crippen LogP contribution in [0.25, 0.3) is 16.7 Å². The van der Waals surface area contributed by atoms with Crippen molar-refractivity contribution in [3.8, 4) is 0 Å². The average Bonchev–Trinajstić information content (AvgIpc) is 3.42. The predicted octanol–water partition coefficient (Wildman–Crippen LogP) is 3.66. The number of para-hydroxylation sites is 1. The van der Waals surface area contributed by atoms with Gasteiger partial charge < -0.3 is 9.26 Å². The highest BCUT2D eigenvalue weighted by molar-refractivity contribution is 7.99. The molecule has 0 saturated carbocycles. The largest absolute Gasteiger partial charge is 0.385 e. The fourth-order valence-electron chi connectivity index (χ4n) is 3.46. The lowest BCUT2D eigenvalue weighted by atomic mass is 10.2. The summed E-state index contributed by atoms with van der Waals surface area (Å²) in [5.74, 6) is 1.81. The Hall–Kier alpha value is -2.72. The van der Waals surface area contributed by atoms with Gasteiger partial charge in [0.15, 0.2) is 11.0 Å². The number of hydrogen-bond donors (Lipinski definition) is 0. The number of aromatic nitrogens is 6. The van der Waals surface area contributed by atoms with Gasteiger partial charge in [-0.1, -0.05) is 42.4 Å². The minimum atomic E-state index is -0.108. The van der Waals surface area contributed by atoms with E-state index in [9.17, 15) is 4.79 Å². The first-order valence-corrected chi connectivity index (χ1v) is 11.4. The molecule has 0 radical (unpaired) electrons. The van der Waals surface area contributed by atoms with E-state index in [0.717, 1.165) is 30.6 Å². The van der Waals surface area contributed by atoms with Gasteiger partial charge in [0.2, 0.25) is 11.7 Å². The normalized spacial score (nSPS) is 12.7. The Labute approximate surface area is 183 Å². The summed E-state index contributed by atoms with van der Waals surface area (Å²) in [6, 6.07) is 7.52. The third kappa shape index (κ3) is 4.35. The maximum Gasteiger partial charge on any atom is 0.262 e. The number of rotatable bonds is 10. The van der Waals surface area contributed by atoms with Gasteiger partial charge in [-0.15, -0.1) is 10.2 Å². The van der Waals surface area contributed by atoms with Crippen LogP contribution in [0.15, 0.2) is 38.7 Å².